The highest BCUT2D eigenvalue weighted by Gasteiger charge is 2.17. The molecule has 4 aromatic carbocycles. The minimum absolute atomic E-state index is 0.129. The van der Waals surface area contributed by atoms with Crippen molar-refractivity contribution in [3.8, 4) is 22.5 Å². The van der Waals surface area contributed by atoms with Gasteiger partial charge in [0.2, 0.25) is 5.91 Å². The summed E-state index contributed by atoms with van der Waals surface area (Å²) in [6, 6.07) is 29.8. The van der Waals surface area contributed by atoms with Gasteiger partial charge >= 0.3 is 5.76 Å². The van der Waals surface area contributed by atoms with E-state index in [-0.39, 0.29) is 23.8 Å². The van der Waals surface area contributed by atoms with Crippen LogP contribution in [0.15, 0.2) is 106 Å². The Morgan fingerprint density at radius 1 is 0.805 bits per heavy atom. The second-order valence-corrected chi connectivity index (χ2v) is 9.76. The first-order chi connectivity index (χ1) is 19.9. The van der Waals surface area contributed by atoms with E-state index in [9.17, 15) is 14.4 Å². The number of nitrogens with zero attached hydrogens (tertiary/aromatic N) is 1. The van der Waals surface area contributed by atoms with Crippen molar-refractivity contribution < 1.29 is 14.1 Å². The Hall–Kier alpha value is -5.41. The number of carbonyl (C=O) groups is 2. The molecular weight excluding hydrogens is 542 g/mol. The lowest BCUT2D eigenvalue weighted by Gasteiger charge is -2.09. The van der Waals surface area contributed by atoms with Crippen LogP contribution in [0.5, 0.6) is 0 Å². The van der Waals surface area contributed by atoms with Gasteiger partial charge in [0.25, 0.3) is 5.91 Å². The molecule has 41 heavy (non-hydrogen) atoms. The molecule has 0 saturated heterocycles. The fourth-order valence-corrected chi connectivity index (χ4v) is 4.74. The van der Waals surface area contributed by atoms with Crippen LogP contribution in [-0.4, -0.2) is 26.9 Å². The summed E-state index contributed by atoms with van der Waals surface area (Å²) in [6.45, 7) is 0. The molecule has 0 atom stereocenters. The fourth-order valence-electron chi connectivity index (χ4n) is 4.57. The number of aromatic amines is 2. The zero-order valence-corrected chi connectivity index (χ0v) is 22.2. The summed E-state index contributed by atoms with van der Waals surface area (Å²) in [5.41, 5.74) is 5.27. The molecule has 0 radical (unpaired) electrons. The van der Waals surface area contributed by atoms with Gasteiger partial charge < -0.3 is 15.6 Å². The molecule has 0 spiro atoms. The molecular formula is C31H22ClN5O4. The highest BCUT2D eigenvalue weighted by Crippen LogP contribution is 2.30. The zero-order valence-electron chi connectivity index (χ0n) is 21.4. The average molecular weight is 564 g/mol. The molecule has 0 saturated carbocycles. The van der Waals surface area contributed by atoms with Crippen molar-refractivity contribution in [1.29, 1.82) is 0 Å². The number of amides is 2. The van der Waals surface area contributed by atoms with Crippen molar-refractivity contribution in [1.82, 2.24) is 15.1 Å². The largest absolute Gasteiger partial charge is 0.439 e. The Bertz CT molecular complexity index is 1940. The monoisotopic (exact) mass is 563 g/mol. The van der Waals surface area contributed by atoms with Crippen molar-refractivity contribution in [3.63, 3.8) is 0 Å². The van der Waals surface area contributed by atoms with Crippen LogP contribution in [0.3, 0.4) is 0 Å². The Kier molecular flexibility index (Phi) is 6.93. The number of hydrogen-bond donors (Lipinski definition) is 4. The molecule has 2 heterocycles. The summed E-state index contributed by atoms with van der Waals surface area (Å²) in [4.78, 5) is 43.1. The van der Waals surface area contributed by atoms with E-state index in [0.717, 1.165) is 22.1 Å². The van der Waals surface area contributed by atoms with Crippen molar-refractivity contribution in [3.05, 3.63) is 124 Å². The van der Waals surface area contributed by atoms with Gasteiger partial charge in [-0.3, -0.25) is 19.1 Å². The second-order valence-electron chi connectivity index (χ2n) is 9.33. The van der Waals surface area contributed by atoms with Crippen LogP contribution >= 0.6 is 11.6 Å². The van der Waals surface area contributed by atoms with Gasteiger partial charge in [0.15, 0.2) is 5.82 Å². The first-order valence-corrected chi connectivity index (χ1v) is 13.0. The van der Waals surface area contributed by atoms with E-state index in [1.54, 1.807) is 36.4 Å². The van der Waals surface area contributed by atoms with E-state index in [1.807, 2.05) is 60.7 Å². The molecule has 2 amide bonds. The summed E-state index contributed by atoms with van der Waals surface area (Å²) in [5.74, 6) is -1.22. The van der Waals surface area contributed by atoms with E-state index in [2.05, 4.69) is 30.3 Å². The van der Waals surface area contributed by atoms with Crippen molar-refractivity contribution in [2.45, 2.75) is 6.42 Å². The Balaban J connectivity index is 1.18. The van der Waals surface area contributed by atoms with Crippen LogP contribution in [0.1, 0.15) is 16.1 Å². The molecule has 2 aromatic heterocycles. The number of anilines is 2. The summed E-state index contributed by atoms with van der Waals surface area (Å²) in [6.07, 6.45) is 0.197. The first-order valence-electron chi connectivity index (χ1n) is 12.7. The van der Waals surface area contributed by atoms with Gasteiger partial charge in [0.05, 0.1) is 23.3 Å². The van der Waals surface area contributed by atoms with Gasteiger partial charge in [-0.05, 0) is 47.0 Å². The van der Waals surface area contributed by atoms with Gasteiger partial charge in [0.1, 0.15) is 5.69 Å². The summed E-state index contributed by atoms with van der Waals surface area (Å²) in [7, 11) is 0. The third-order valence-corrected chi connectivity index (χ3v) is 6.76. The molecule has 0 unspecified atom stereocenters. The van der Waals surface area contributed by atoms with Gasteiger partial charge in [-0.2, -0.15) is 0 Å². The molecule has 0 fully saturated rings. The number of rotatable bonds is 7. The fraction of sp³-hybridized carbons (Fsp3) is 0.0323. The molecule has 0 aliphatic rings. The molecule has 0 bridgehead atoms. The minimum atomic E-state index is -0.730. The lowest BCUT2D eigenvalue weighted by Crippen LogP contribution is -2.15. The quantitative estimate of drug-likeness (QED) is 0.182. The first kappa shape index (κ1) is 25.8. The number of benzene rings is 4. The molecule has 6 rings (SSSR count). The molecule has 9 nitrogen and oxygen atoms in total. The maximum absolute atomic E-state index is 13.2. The van der Waals surface area contributed by atoms with E-state index in [1.165, 1.54) is 0 Å². The summed E-state index contributed by atoms with van der Waals surface area (Å²) >= 11 is 6.12. The lowest BCUT2D eigenvalue weighted by molar-refractivity contribution is -0.115. The predicted octanol–water partition coefficient (Wildman–Crippen LogP) is 6.27. The third kappa shape index (κ3) is 5.66. The number of carbonyl (C=O) groups excluding carboxylic acids is 2. The second kappa shape index (κ2) is 11.0. The Morgan fingerprint density at radius 3 is 2.34 bits per heavy atom. The standard InChI is InChI=1S/C31H22ClN5O4/c32-22-13-14-24(23(17-22)29-36-31(40)41-37-29)35-30(39)26-16-21-7-4-8-25(28(21)34-26)33-27(38)15-18-9-11-20(12-10-18)19-5-2-1-3-6-19/h1-14,16-17,34H,15H2,(H,33,38)(H,35,39)(H,36,37,40). The summed E-state index contributed by atoms with van der Waals surface area (Å²) < 4.78 is 4.59. The van der Waals surface area contributed by atoms with E-state index in [4.69, 9.17) is 11.6 Å². The Morgan fingerprint density at radius 2 is 1.59 bits per heavy atom. The zero-order chi connectivity index (χ0) is 28.3. The van der Waals surface area contributed by atoms with Gasteiger partial charge in [0, 0.05) is 16.0 Å². The van der Waals surface area contributed by atoms with E-state index < -0.39 is 11.7 Å². The maximum Gasteiger partial charge on any atom is 0.439 e. The van der Waals surface area contributed by atoms with Crippen molar-refractivity contribution >= 4 is 45.7 Å². The van der Waals surface area contributed by atoms with Gasteiger partial charge in [-0.25, -0.2) is 4.79 Å². The van der Waals surface area contributed by atoms with Crippen molar-refractivity contribution in [2.24, 2.45) is 0 Å². The van der Waals surface area contributed by atoms with Crippen LogP contribution in [0, 0.1) is 0 Å². The molecule has 0 aliphatic carbocycles. The molecule has 4 N–H and O–H groups in total. The molecule has 10 heteroatoms. The van der Waals surface area contributed by atoms with Crippen molar-refractivity contribution in [2.75, 3.05) is 10.6 Å². The topological polar surface area (TPSA) is 133 Å². The predicted molar refractivity (Wildman–Crippen MR) is 158 cm³/mol. The number of halogens is 1. The van der Waals surface area contributed by atoms with E-state index in [0.29, 0.717) is 27.5 Å². The molecule has 6 aromatic rings. The summed E-state index contributed by atoms with van der Waals surface area (Å²) in [5, 5.41) is 10.6. The van der Waals surface area contributed by atoms with Crippen LogP contribution < -0.4 is 16.4 Å². The number of H-pyrrole nitrogens is 2. The van der Waals surface area contributed by atoms with E-state index >= 15 is 0 Å². The number of aromatic nitrogens is 3. The van der Waals surface area contributed by atoms with Crippen LogP contribution in [0.25, 0.3) is 33.4 Å². The average Bonchev–Trinajstić information content (AvgIpc) is 3.62. The lowest BCUT2D eigenvalue weighted by atomic mass is 10.0. The molecule has 0 aliphatic heterocycles. The minimum Gasteiger partial charge on any atom is -0.349 e. The highest BCUT2D eigenvalue weighted by atomic mass is 35.5. The smallest absolute Gasteiger partial charge is 0.349 e. The van der Waals surface area contributed by atoms with Gasteiger partial charge in [-0.1, -0.05) is 83.5 Å². The Labute approximate surface area is 238 Å². The normalized spacial score (nSPS) is 11.0. The number of nitrogens with one attached hydrogen (secondary N) is 4. The number of fused-ring (bicyclic) bond motifs is 1. The van der Waals surface area contributed by atoms with Crippen LogP contribution in [0.4, 0.5) is 11.4 Å². The molecule has 202 valence electrons. The van der Waals surface area contributed by atoms with Gasteiger partial charge in [-0.15, -0.1) is 0 Å². The highest BCUT2D eigenvalue weighted by molar-refractivity contribution is 6.31. The number of para-hydroxylation sites is 1. The van der Waals surface area contributed by atoms with Crippen LogP contribution in [0.2, 0.25) is 5.02 Å². The number of hydrogen-bond acceptors (Lipinski definition) is 5. The SMILES string of the molecule is O=C(Cc1ccc(-c2ccccc2)cc1)Nc1cccc2cc(C(=O)Nc3ccc(Cl)cc3-c3noc(=O)[nH]3)[nH]c12. The van der Waals surface area contributed by atoms with Crippen LogP contribution in [-0.2, 0) is 11.2 Å². The third-order valence-electron chi connectivity index (χ3n) is 6.53. The maximum atomic E-state index is 13.2.